The zero-order chi connectivity index (χ0) is 14.5. The van der Waals surface area contributed by atoms with E-state index in [-0.39, 0.29) is 6.04 Å². The lowest BCUT2D eigenvalue weighted by Gasteiger charge is -2.16. The monoisotopic (exact) mass is 293 g/mol. The molecule has 1 atom stereocenters. The van der Waals surface area contributed by atoms with Crippen LogP contribution in [0.15, 0.2) is 12.5 Å². The number of nitrogens with one attached hydrogen (secondary N) is 2. The molecular weight excluding hydrogens is 274 g/mol. The first-order chi connectivity index (χ1) is 9.69. The van der Waals surface area contributed by atoms with Gasteiger partial charge in [0.1, 0.15) is 11.3 Å². The van der Waals surface area contributed by atoms with Crippen molar-refractivity contribution in [2.45, 2.75) is 26.3 Å². The minimum atomic E-state index is 0.0637. The zero-order valence-corrected chi connectivity index (χ0v) is 12.9. The van der Waals surface area contributed by atoms with E-state index in [1.807, 2.05) is 6.20 Å². The van der Waals surface area contributed by atoms with Crippen molar-refractivity contribution in [3.8, 4) is 5.75 Å². The number of hydrogen-bond donors (Lipinski definition) is 2. The van der Waals surface area contributed by atoms with Crippen LogP contribution in [0.2, 0.25) is 0 Å². The average molecular weight is 293 g/mol. The lowest BCUT2D eigenvalue weighted by atomic mass is 10.3. The highest BCUT2D eigenvalue weighted by Crippen LogP contribution is 2.32. The van der Waals surface area contributed by atoms with Crippen molar-refractivity contribution in [1.29, 1.82) is 0 Å². The predicted octanol–water partition coefficient (Wildman–Crippen LogP) is 2.72. The minimum Gasteiger partial charge on any atom is -0.490 e. The van der Waals surface area contributed by atoms with Crippen molar-refractivity contribution in [1.82, 2.24) is 15.0 Å². The molecule has 0 aromatic carbocycles. The molecule has 20 heavy (non-hydrogen) atoms. The Morgan fingerprint density at radius 1 is 1.30 bits per heavy atom. The van der Waals surface area contributed by atoms with E-state index >= 15 is 0 Å². The number of anilines is 2. The van der Waals surface area contributed by atoms with Crippen molar-refractivity contribution in [2.24, 2.45) is 0 Å². The molecule has 6 nitrogen and oxygen atoms in total. The Morgan fingerprint density at radius 3 is 2.65 bits per heavy atom. The van der Waals surface area contributed by atoms with E-state index in [2.05, 4.69) is 39.4 Å². The average Bonchev–Trinajstić information content (AvgIpc) is 2.96. The van der Waals surface area contributed by atoms with Crippen LogP contribution in [0.1, 0.15) is 29.8 Å². The van der Waals surface area contributed by atoms with Gasteiger partial charge in [-0.2, -0.15) is 0 Å². The van der Waals surface area contributed by atoms with Gasteiger partial charge in [0, 0.05) is 18.1 Å². The van der Waals surface area contributed by atoms with Crippen LogP contribution in [-0.4, -0.2) is 29.1 Å². The minimum absolute atomic E-state index is 0.0637. The third-order valence-electron chi connectivity index (χ3n) is 2.89. The molecule has 0 radical (unpaired) electrons. The van der Waals surface area contributed by atoms with Crippen LogP contribution >= 0.6 is 11.3 Å². The fourth-order valence-electron chi connectivity index (χ4n) is 1.80. The highest BCUT2D eigenvalue weighted by atomic mass is 32.1. The summed E-state index contributed by atoms with van der Waals surface area (Å²) in [6, 6.07) is 0.0637. The van der Waals surface area contributed by atoms with Gasteiger partial charge in [-0.15, -0.1) is 11.3 Å². The SMILES string of the molecule is CCc1cnc(C(C)Nc2ncnc(NC)c2OC)s1. The van der Waals surface area contributed by atoms with Gasteiger partial charge in [0.2, 0.25) is 5.75 Å². The first-order valence-corrected chi connectivity index (χ1v) is 7.29. The van der Waals surface area contributed by atoms with Crippen molar-refractivity contribution in [3.05, 3.63) is 22.4 Å². The summed E-state index contributed by atoms with van der Waals surface area (Å²) in [5, 5.41) is 7.34. The molecule has 2 N–H and O–H groups in total. The topological polar surface area (TPSA) is 72.0 Å². The van der Waals surface area contributed by atoms with Crippen molar-refractivity contribution < 1.29 is 4.74 Å². The molecular formula is C13H19N5OS. The number of nitrogens with zero attached hydrogens (tertiary/aromatic N) is 3. The van der Waals surface area contributed by atoms with Gasteiger partial charge in [-0.1, -0.05) is 6.92 Å². The highest BCUT2D eigenvalue weighted by Gasteiger charge is 2.16. The number of aromatic nitrogens is 3. The van der Waals surface area contributed by atoms with Gasteiger partial charge in [0.15, 0.2) is 11.6 Å². The second-order valence-corrected chi connectivity index (χ2v) is 5.39. The molecule has 0 aliphatic heterocycles. The second kappa shape index (κ2) is 6.51. The first kappa shape index (κ1) is 14.5. The summed E-state index contributed by atoms with van der Waals surface area (Å²) in [6.07, 6.45) is 4.43. The molecule has 108 valence electrons. The third-order valence-corrected chi connectivity index (χ3v) is 4.21. The molecule has 0 spiro atoms. The van der Waals surface area contributed by atoms with Crippen LogP contribution in [0.5, 0.6) is 5.75 Å². The number of hydrogen-bond acceptors (Lipinski definition) is 7. The lowest BCUT2D eigenvalue weighted by molar-refractivity contribution is 0.414. The normalized spacial score (nSPS) is 12.0. The van der Waals surface area contributed by atoms with Crippen LogP contribution in [-0.2, 0) is 6.42 Å². The Hall–Kier alpha value is -1.89. The fraction of sp³-hybridized carbons (Fsp3) is 0.462. The largest absolute Gasteiger partial charge is 0.490 e. The predicted molar refractivity (Wildman–Crippen MR) is 81.7 cm³/mol. The molecule has 0 amide bonds. The summed E-state index contributed by atoms with van der Waals surface area (Å²) >= 11 is 1.71. The van der Waals surface area contributed by atoms with Gasteiger partial charge in [0.05, 0.1) is 13.2 Å². The molecule has 7 heteroatoms. The van der Waals surface area contributed by atoms with Gasteiger partial charge in [-0.05, 0) is 13.3 Å². The number of methoxy groups -OCH3 is 1. The Bertz CT molecular complexity index is 572. The van der Waals surface area contributed by atoms with Crippen LogP contribution < -0.4 is 15.4 Å². The molecule has 2 heterocycles. The van der Waals surface area contributed by atoms with Gasteiger partial charge >= 0.3 is 0 Å². The van der Waals surface area contributed by atoms with Gasteiger partial charge in [-0.3, -0.25) is 0 Å². The maximum Gasteiger partial charge on any atom is 0.204 e. The summed E-state index contributed by atoms with van der Waals surface area (Å²) in [4.78, 5) is 14.1. The van der Waals surface area contributed by atoms with Gasteiger partial charge in [-0.25, -0.2) is 15.0 Å². The van der Waals surface area contributed by atoms with E-state index in [4.69, 9.17) is 4.74 Å². The number of ether oxygens (including phenoxy) is 1. The molecule has 1 unspecified atom stereocenters. The van der Waals surface area contributed by atoms with Crippen molar-refractivity contribution in [3.63, 3.8) is 0 Å². The van der Waals surface area contributed by atoms with E-state index in [0.717, 1.165) is 11.4 Å². The van der Waals surface area contributed by atoms with E-state index in [1.54, 1.807) is 25.5 Å². The maximum atomic E-state index is 5.36. The van der Waals surface area contributed by atoms with Crippen molar-refractivity contribution >= 4 is 23.0 Å². The van der Waals surface area contributed by atoms with Crippen molar-refractivity contribution in [2.75, 3.05) is 24.8 Å². The third kappa shape index (κ3) is 2.98. The smallest absolute Gasteiger partial charge is 0.204 e. The molecule has 0 aliphatic rings. The van der Waals surface area contributed by atoms with Gasteiger partial charge < -0.3 is 15.4 Å². The summed E-state index contributed by atoms with van der Waals surface area (Å²) in [5.74, 6) is 1.92. The Labute approximate surface area is 122 Å². The molecule has 0 fully saturated rings. The number of thiazole rings is 1. The molecule has 0 bridgehead atoms. The molecule has 2 aromatic heterocycles. The zero-order valence-electron chi connectivity index (χ0n) is 12.1. The standard InChI is InChI=1S/C13H19N5OS/c1-5-9-6-15-13(20-9)8(2)18-12-10(19-4)11(14-3)16-7-17-12/h6-8H,5H2,1-4H3,(H2,14,16,17,18). The molecule has 2 rings (SSSR count). The first-order valence-electron chi connectivity index (χ1n) is 6.47. The van der Waals surface area contributed by atoms with Gasteiger partial charge in [0.25, 0.3) is 0 Å². The summed E-state index contributed by atoms with van der Waals surface area (Å²) < 4.78 is 5.36. The molecule has 0 saturated carbocycles. The van der Waals surface area contributed by atoms with Crippen LogP contribution in [0.25, 0.3) is 0 Å². The molecule has 0 aliphatic carbocycles. The summed E-state index contributed by atoms with van der Waals surface area (Å²) in [7, 11) is 3.40. The quantitative estimate of drug-likeness (QED) is 0.853. The molecule has 0 saturated heterocycles. The Kier molecular flexibility index (Phi) is 4.73. The van der Waals surface area contributed by atoms with Crippen LogP contribution in [0.3, 0.4) is 0 Å². The van der Waals surface area contributed by atoms with E-state index < -0.39 is 0 Å². The number of rotatable bonds is 6. The summed E-state index contributed by atoms with van der Waals surface area (Å²) in [5.41, 5.74) is 0. The lowest BCUT2D eigenvalue weighted by Crippen LogP contribution is -2.10. The molecule has 2 aromatic rings. The van der Waals surface area contributed by atoms with E-state index in [0.29, 0.717) is 17.4 Å². The Morgan fingerprint density at radius 2 is 2.05 bits per heavy atom. The van der Waals surface area contributed by atoms with E-state index in [9.17, 15) is 0 Å². The van der Waals surface area contributed by atoms with Crippen LogP contribution in [0.4, 0.5) is 11.6 Å². The number of aryl methyl sites for hydroxylation is 1. The van der Waals surface area contributed by atoms with E-state index in [1.165, 1.54) is 11.2 Å². The van der Waals surface area contributed by atoms with Crippen LogP contribution in [0, 0.1) is 0 Å². The summed E-state index contributed by atoms with van der Waals surface area (Å²) in [6.45, 7) is 4.18. The highest BCUT2D eigenvalue weighted by molar-refractivity contribution is 7.11. The maximum absolute atomic E-state index is 5.36. The fourth-order valence-corrected chi connectivity index (χ4v) is 2.66. The second-order valence-electron chi connectivity index (χ2n) is 4.24. The Balaban J connectivity index is 2.20.